The van der Waals surface area contributed by atoms with Crippen LogP contribution in [0.25, 0.3) is 0 Å². The molecule has 2 fully saturated rings. The van der Waals surface area contributed by atoms with Gasteiger partial charge in [-0.1, -0.05) is 13.3 Å². The van der Waals surface area contributed by atoms with Gasteiger partial charge >= 0.3 is 0 Å². The van der Waals surface area contributed by atoms with Crippen LogP contribution in [0.1, 0.15) is 53.3 Å². The van der Waals surface area contributed by atoms with Gasteiger partial charge in [0.1, 0.15) is 0 Å². The SMILES string of the molecule is CCC1CCN(CC2CCC(OCCNS(C)(=O)=O)CC2)CC1.[HH]. The van der Waals surface area contributed by atoms with Gasteiger partial charge in [-0.25, -0.2) is 13.1 Å². The van der Waals surface area contributed by atoms with Crippen molar-refractivity contribution in [1.82, 2.24) is 9.62 Å². The molecule has 23 heavy (non-hydrogen) atoms. The molecule has 0 spiro atoms. The summed E-state index contributed by atoms with van der Waals surface area (Å²) in [5.74, 6) is 1.78. The fraction of sp³-hybridized carbons (Fsp3) is 1.00. The van der Waals surface area contributed by atoms with Crippen molar-refractivity contribution in [2.24, 2.45) is 11.8 Å². The summed E-state index contributed by atoms with van der Waals surface area (Å²) in [6, 6.07) is 0. The standard InChI is InChI=1S/C17H34N2O3S.H2/c1-3-15-8-11-19(12-9-15)14-16-4-6-17(7-5-16)22-13-10-18-23(2,20)21;/h15-18H,3-14H2,1-2H3;1H. The maximum Gasteiger partial charge on any atom is 0.208 e. The number of piperidine rings is 1. The van der Waals surface area contributed by atoms with Crippen molar-refractivity contribution in [3.05, 3.63) is 0 Å². The van der Waals surface area contributed by atoms with E-state index in [1.807, 2.05) is 0 Å². The van der Waals surface area contributed by atoms with Gasteiger partial charge in [0.05, 0.1) is 19.0 Å². The molecule has 0 atom stereocenters. The molecule has 138 valence electrons. The van der Waals surface area contributed by atoms with Crippen LogP contribution in [0.15, 0.2) is 0 Å². The van der Waals surface area contributed by atoms with Crippen LogP contribution < -0.4 is 4.72 Å². The number of sulfonamides is 1. The lowest BCUT2D eigenvalue weighted by Gasteiger charge is -2.36. The molecule has 0 radical (unpaired) electrons. The molecule has 1 N–H and O–H groups in total. The molecule has 0 unspecified atom stereocenters. The summed E-state index contributed by atoms with van der Waals surface area (Å²) in [6.07, 6.45) is 10.3. The number of likely N-dealkylation sites (tertiary alicyclic amines) is 1. The summed E-state index contributed by atoms with van der Waals surface area (Å²) in [6.45, 7) is 7.00. The van der Waals surface area contributed by atoms with Crippen molar-refractivity contribution in [3.8, 4) is 0 Å². The lowest BCUT2D eigenvalue weighted by Crippen LogP contribution is -2.38. The molecule has 0 bridgehead atoms. The number of hydrogen-bond donors (Lipinski definition) is 1. The van der Waals surface area contributed by atoms with E-state index in [0.717, 1.165) is 24.7 Å². The number of nitrogens with zero attached hydrogens (tertiary/aromatic N) is 1. The second-order valence-electron chi connectivity index (χ2n) is 7.33. The highest BCUT2D eigenvalue weighted by Crippen LogP contribution is 2.28. The zero-order valence-electron chi connectivity index (χ0n) is 14.8. The third kappa shape index (κ3) is 7.50. The van der Waals surface area contributed by atoms with Crippen molar-refractivity contribution < 1.29 is 14.6 Å². The fourth-order valence-corrected chi connectivity index (χ4v) is 4.33. The Balaban J connectivity index is 0.00000288. The van der Waals surface area contributed by atoms with E-state index >= 15 is 0 Å². The lowest BCUT2D eigenvalue weighted by molar-refractivity contribution is 0.0154. The first-order valence-electron chi connectivity index (χ1n) is 9.25. The quantitative estimate of drug-likeness (QED) is 0.685. The van der Waals surface area contributed by atoms with E-state index in [2.05, 4.69) is 16.5 Å². The average Bonchev–Trinajstić information content (AvgIpc) is 2.53. The molecule has 0 aromatic rings. The van der Waals surface area contributed by atoms with E-state index < -0.39 is 10.0 Å². The minimum absolute atomic E-state index is 0. The molecule has 5 nitrogen and oxygen atoms in total. The minimum atomic E-state index is -3.09. The van der Waals surface area contributed by atoms with Crippen molar-refractivity contribution in [1.29, 1.82) is 0 Å². The molecule has 1 aliphatic heterocycles. The van der Waals surface area contributed by atoms with E-state index in [1.54, 1.807) is 0 Å². The van der Waals surface area contributed by atoms with Gasteiger partial charge in [-0.3, -0.25) is 0 Å². The molecule has 2 rings (SSSR count). The first-order valence-corrected chi connectivity index (χ1v) is 11.1. The van der Waals surface area contributed by atoms with Crippen LogP contribution >= 0.6 is 0 Å². The van der Waals surface area contributed by atoms with Gasteiger partial charge in [-0.05, 0) is 63.5 Å². The summed E-state index contributed by atoms with van der Waals surface area (Å²) in [7, 11) is -3.09. The smallest absolute Gasteiger partial charge is 0.208 e. The Labute approximate surface area is 143 Å². The Morgan fingerprint density at radius 3 is 2.30 bits per heavy atom. The van der Waals surface area contributed by atoms with Gasteiger partial charge < -0.3 is 9.64 Å². The highest BCUT2D eigenvalue weighted by Gasteiger charge is 2.25. The maximum atomic E-state index is 11.0. The van der Waals surface area contributed by atoms with Crippen molar-refractivity contribution in [2.75, 3.05) is 39.0 Å². The van der Waals surface area contributed by atoms with Crippen molar-refractivity contribution in [3.63, 3.8) is 0 Å². The summed E-state index contributed by atoms with van der Waals surface area (Å²) in [5.41, 5.74) is 0. The molecule has 6 heteroatoms. The summed E-state index contributed by atoms with van der Waals surface area (Å²) < 4.78 is 30.2. The van der Waals surface area contributed by atoms with Gasteiger partial charge in [-0.15, -0.1) is 0 Å². The highest BCUT2D eigenvalue weighted by molar-refractivity contribution is 7.88. The number of rotatable bonds is 8. The molecule has 2 aliphatic rings. The molecule has 0 amide bonds. The molecular weight excluding hydrogens is 312 g/mol. The summed E-state index contributed by atoms with van der Waals surface area (Å²) in [4.78, 5) is 2.66. The molecule has 1 heterocycles. The summed E-state index contributed by atoms with van der Waals surface area (Å²) in [5, 5.41) is 0. The number of hydrogen-bond acceptors (Lipinski definition) is 4. The van der Waals surface area contributed by atoms with Crippen LogP contribution in [-0.2, 0) is 14.8 Å². The molecular formula is C17H36N2O3S. The first-order chi connectivity index (χ1) is 11.0. The lowest BCUT2D eigenvalue weighted by atomic mass is 9.86. The van der Waals surface area contributed by atoms with Crippen LogP contribution in [0, 0.1) is 11.8 Å². The first kappa shape index (κ1) is 19.2. The van der Waals surface area contributed by atoms with Crippen LogP contribution in [0.3, 0.4) is 0 Å². The molecule has 1 aliphatic carbocycles. The average molecular weight is 349 g/mol. The third-order valence-electron chi connectivity index (χ3n) is 5.41. The third-order valence-corrected chi connectivity index (χ3v) is 6.14. The zero-order valence-corrected chi connectivity index (χ0v) is 15.6. The van der Waals surface area contributed by atoms with Gasteiger partial charge in [0, 0.05) is 14.5 Å². The molecule has 0 aromatic carbocycles. The minimum Gasteiger partial charge on any atom is -0.377 e. The zero-order chi connectivity index (χ0) is 16.7. The van der Waals surface area contributed by atoms with Crippen molar-refractivity contribution in [2.45, 2.75) is 58.0 Å². The molecule has 1 saturated carbocycles. The van der Waals surface area contributed by atoms with Crippen molar-refractivity contribution >= 4 is 10.0 Å². The largest absolute Gasteiger partial charge is 0.377 e. The number of nitrogens with one attached hydrogen (secondary N) is 1. The Bertz CT molecular complexity index is 431. The van der Waals surface area contributed by atoms with E-state index in [9.17, 15) is 8.42 Å². The monoisotopic (exact) mass is 348 g/mol. The maximum absolute atomic E-state index is 11.0. The topological polar surface area (TPSA) is 58.6 Å². The Kier molecular flexibility index (Phi) is 7.79. The van der Waals surface area contributed by atoms with Gasteiger partial charge in [0.2, 0.25) is 10.0 Å². The van der Waals surface area contributed by atoms with E-state index in [0.29, 0.717) is 19.3 Å². The second kappa shape index (κ2) is 9.35. The molecule has 0 aromatic heterocycles. The normalized spacial score (nSPS) is 28.1. The van der Waals surface area contributed by atoms with Crippen LogP contribution in [0.2, 0.25) is 0 Å². The second-order valence-corrected chi connectivity index (χ2v) is 9.17. The predicted octanol–water partition coefficient (Wildman–Crippen LogP) is 2.48. The van der Waals surface area contributed by atoms with Gasteiger partial charge in [0.15, 0.2) is 0 Å². The van der Waals surface area contributed by atoms with Crippen LogP contribution in [0.4, 0.5) is 0 Å². The highest BCUT2D eigenvalue weighted by atomic mass is 32.2. The van der Waals surface area contributed by atoms with E-state index in [1.165, 1.54) is 58.0 Å². The summed E-state index contributed by atoms with van der Waals surface area (Å²) >= 11 is 0. The fourth-order valence-electron chi connectivity index (χ4n) is 3.88. The van der Waals surface area contributed by atoms with Gasteiger partial charge in [-0.2, -0.15) is 0 Å². The van der Waals surface area contributed by atoms with Crippen LogP contribution in [-0.4, -0.2) is 58.5 Å². The predicted molar refractivity (Wildman–Crippen MR) is 96.1 cm³/mol. The Hall–Kier alpha value is -0.170. The number of ether oxygens (including phenoxy) is 1. The Morgan fingerprint density at radius 2 is 1.74 bits per heavy atom. The molecule has 1 saturated heterocycles. The Morgan fingerprint density at radius 1 is 1.09 bits per heavy atom. The van der Waals surface area contributed by atoms with Crippen LogP contribution in [0.5, 0.6) is 0 Å². The van der Waals surface area contributed by atoms with E-state index in [-0.39, 0.29) is 1.43 Å². The van der Waals surface area contributed by atoms with Gasteiger partial charge in [0.25, 0.3) is 0 Å². The van der Waals surface area contributed by atoms with E-state index in [4.69, 9.17) is 4.74 Å².